The first-order chi connectivity index (χ1) is 15.1. The second-order valence-corrected chi connectivity index (χ2v) is 8.06. The summed E-state index contributed by atoms with van der Waals surface area (Å²) in [6.45, 7) is 16.7. The number of aliphatic imine (C=N–C) groups is 1. The fourth-order valence-electron chi connectivity index (χ4n) is 3.55. The van der Waals surface area contributed by atoms with Gasteiger partial charge in [0.05, 0.1) is 25.9 Å². The van der Waals surface area contributed by atoms with E-state index < -0.39 is 0 Å². The van der Waals surface area contributed by atoms with Crippen LogP contribution in [-0.4, -0.2) is 76.1 Å². The number of hydrogen-bond acceptors (Lipinski definition) is 5. The number of para-hydroxylation sites is 1. The van der Waals surface area contributed by atoms with Crippen molar-refractivity contribution in [3.8, 4) is 5.75 Å². The van der Waals surface area contributed by atoms with Crippen LogP contribution < -0.4 is 15.4 Å². The first-order valence-corrected chi connectivity index (χ1v) is 11.8. The summed E-state index contributed by atoms with van der Waals surface area (Å²) in [6.07, 6.45) is 1.22. The number of hydrogen-bond donors (Lipinski definition) is 2. The van der Waals surface area contributed by atoms with Crippen LogP contribution in [0.15, 0.2) is 29.3 Å². The molecule has 1 aromatic rings. The zero-order chi connectivity index (χ0) is 22.3. The summed E-state index contributed by atoms with van der Waals surface area (Å²) in [4.78, 5) is 7.16. The van der Waals surface area contributed by atoms with Crippen molar-refractivity contribution >= 4 is 29.9 Å². The van der Waals surface area contributed by atoms with Crippen molar-refractivity contribution in [2.75, 3.05) is 59.2 Å². The second kappa shape index (κ2) is 17.4. The van der Waals surface area contributed by atoms with Crippen LogP contribution in [0, 0.1) is 5.92 Å². The molecule has 0 spiro atoms. The van der Waals surface area contributed by atoms with Gasteiger partial charge in [0, 0.05) is 44.9 Å². The molecule has 1 aromatic carbocycles. The largest absolute Gasteiger partial charge is 0.492 e. The molecule has 32 heavy (non-hydrogen) atoms. The van der Waals surface area contributed by atoms with Crippen LogP contribution in [0.1, 0.15) is 39.7 Å². The molecule has 1 unspecified atom stereocenters. The Morgan fingerprint density at radius 3 is 2.59 bits per heavy atom. The van der Waals surface area contributed by atoms with Gasteiger partial charge in [-0.15, -0.1) is 24.0 Å². The van der Waals surface area contributed by atoms with Gasteiger partial charge in [-0.05, 0) is 32.3 Å². The van der Waals surface area contributed by atoms with Crippen LogP contribution in [0.4, 0.5) is 0 Å². The predicted octanol–water partition coefficient (Wildman–Crippen LogP) is 3.52. The Labute approximate surface area is 211 Å². The summed E-state index contributed by atoms with van der Waals surface area (Å²) < 4.78 is 17.3. The number of benzene rings is 1. The van der Waals surface area contributed by atoms with Crippen LogP contribution in [-0.2, 0) is 16.0 Å². The lowest BCUT2D eigenvalue weighted by Crippen LogP contribution is -2.39. The molecule has 1 atom stereocenters. The van der Waals surface area contributed by atoms with Crippen molar-refractivity contribution in [3.63, 3.8) is 0 Å². The van der Waals surface area contributed by atoms with Crippen molar-refractivity contribution in [2.45, 2.75) is 46.8 Å². The molecule has 0 saturated carbocycles. The van der Waals surface area contributed by atoms with Crippen LogP contribution in [0.3, 0.4) is 0 Å². The Kier molecular flexibility index (Phi) is 15.7. The van der Waals surface area contributed by atoms with Crippen molar-refractivity contribution in [3.05, 3.63) is 29.8 Å². The maximum atomic E-state index is 6.09. The first kappa shape index (κ1) is 28.9. The van der Waals surface area contributed by atoms with Crippen LogP contribution in [0.5, 0.6) is 5.75 Å². The number of ether oxygens (including phenoxy) is 3. The third-order valence-electron chi connectivity index (χ3n) is 5.34. The third kappa shape index (κ3) is 11.2. The van der Waals surface area contributed by atoms with E-state index in [1.54, 1.807) is 0 Å². The SMILES string of the molecule is CCNC(=NCc1ccccc1OCCN1CCOCC1)NCCC(OCC)C(C)C.I. The Hall–Kier alpha value is -1.10. The fraction of sp³-hybridized carbons (Fsp3) is 0.708. The van der Waals surface area contributed by atoms with Gasteiger partial charge in [-0.2, -0.15) is 0 Å². The lowest BCUT2D eigenvalue weighted by molar-refractivity contribution is 0.0258. The predicted molar refractivity (Wildman–Crippen MR) is 142 cm³/mol. The van der Waals surface area contributed by atoms with Crippen molar-refractivity contribution in [1.82, 2.24) is 15.5 Å². The topological polar surface area (TPSA) is 67.4 Å². The first-order valence-electron chi connectivity index (χ1n) is 11.8. The highest BCUT2D eigenvalue weighted by Crippen LogP contribution is 2.19. The molecule has 1 fully saturated rings. The molecule has 2 rings (SSSR count). The molecule has 1 saturated heterocycles. The minimum absolute atomic E-state index is 0. The highest BCUT2D eigenvalue weighted by molar-refractivity contribution is 14.0. The molecule has 0 amide bonds. The van der Waals surface area contributed by atoms with E-state index in [1.165, 1.54) is 0 Å². The zero-order valence-electron chi connectivity index (χ0n) is 20.3. The lowest BCUT2D eigenvalue weighted by atomic mass is 10.0. The summed E-state index contributed by atoms with van der Waals surface area (Å²) in [7, 11) is 0. The van der Waals surface area contributed by atoms with Gasteiger partial charge >= 0.3 is 0 Å². The average Bonchev–Trinajstić information content (AvgIpc) is 2.78. The number of morpholine rings is 1. The molecule has 7 nitrogen and oxygen atoms in total. The molecule has 0 aliphatic carbocycles. The minimum Gasteiger partial charge on any atom is -0.492 e. The van der Waals surface area contributed by atoms with Gasteiger partial charge < -0.3 is 24.8 Å². The van der Waals surface area contributed by atoms with Gasteiger partial charge in [-0.3, -0.25) is 4.90 Å². The van der Waals surface area contributed by atoms with Crippen molar-refractivity contribution in [1.29, 1.82) is 0 Å². The Morgan fingerprint density at radius 1 is 1.16 bits per heavy atom. The van der Waals surface area contributed by atoms with E-state index in [1.807, 2.05) is 18.2 Å². The molecular formula is C24H43IN4O3. The monoisotopic (exact) mass is 562 g/mol. The standard InChI is InChI=1S/C24H42N4O3.HI/c1-5-25-24(26-12-11-22(20(3)4)30-6-2)27-19-21-9-7-8-10-23(21)31-18-15-28-13-16-29-17-14-28;/h7-10,20,22H,5-6,11-19H2,1-4H3,(H2,25,26,27);1H. The number of halogens is 1. The molecule has 2 N–H and O–H groups in total. The summed E-state index contributed by atoms with van der Waals surface area (Å²) in [6, 6.07) is 8.16. The fourth-order valence-corrected chi connectivity index (χ4v) is 3.55. The molecular weight excluding hydrogens is 519 g/mol. The average molecular weight is 563 g/mol. The van der Waals surface area contributed by atoms with Crippen LogP contribution in [0.25, 0.3) is 0 Å². The van der Waals surface area contributed by atoms with E-state index in [-0.39, 0.29) is 30.1 Å². The van der Waals surface area contributed by atoms with E-state index in [9.17, 15) is 0 Å². The molecule has 0 bridgehead atoms. The Bertz CT molecular complexity index is 639. The molecule has 0 radical (unpaired) electrons. The summed E-state index contributed by atoms with van der Waals surface area (Å²) in [5, 5.41) is 6.77. The number of rotatable bonds is 13. The highest BCUT2D eigenvalue weighted by Gasteiger charge is 2.13. The third-order valence-corrected chi connectivity index (χ3v) is 5.34. The lowest BCUT2D eigenvalue weighted by Gasteiger charge is -2.26. The summed E-state index contributed by atoms with van der Waals surface area (Å²) in [5.74, 6) is 2.24. The van der Waals surface area contributed by atoms with Gasteiger partial charge in [-0.25, -0.2) is 4.99 Å². The molecule has 8 heteroatoms. The smallest absolute Gasteiger partial charge is 0.191 e. The van der Waals surface area contributed by atoms with Gasteiger partial charge in [-0.1, -0.05) is 32.0 Å². The van der Waals surface area contributed by atoms with E-state index in [2.05, 4.69) is 49.3 Å². The van der Waals surface area contributed by atoms with E-state index in [4.69, 9.17) is 19.2 Å². The maximum Gasteiger partial charge on any atom is 0.191 e. The quantitative estimate of drug-likeness (QED) is 0.218. The van der Waals surface area contributed by atoms with E-state index in [0.717, 1.165) is 76.2 Å². The molecule has 1 aliphatic rings. The Balaban J connectivity index is 0.00000512. The highest BCUT2D eigenvalue weighted by atomic mass is 127. The second-order valence-electron chi connectivity index (χ2n) is 8.06. The normalized spacial score (nSPS) is 15.8. The molecule has 0 aromatic heterocycles. The van der Waals surface area contributed by atoms with Gasteiger partial charge in [0.15, 0.2) is 5.96 Å². The van der Waals surface area contributed by atoms with Crippen molar-refractivity contribution in [2.24, 2.45) is 10.9 Å². The molecule has 184 valence electrons. The minimum atomic E-state index is 0. The van der Waals surface area contributed by atoms with Crippen molar-refractivity contribution < 1.29 is 14.2 Å². The Morgan fingerprint density at radius 2 is 1.91 bits per heavy atom. The summed E-state index contributed by atoms with van der Waals surface area (Å²) >= 11 is 0. The summed E-state index contributed by atoms with van der Waals surface area (Å²) in [5.41, 5.74) is 1.09. The van der Waals surface area contributed by atoms with Gasteiger partial charge in [0.25, 0.3) is 0 Å². The molecule has 1 heterocycles. The molecule has 1 aliphatic heterocycles. The number of guanidine groups is 1. The van der Waals surface area contributed by atoms with Crippen LogP contribution >= 0.6 is 24.0 Å². The van der Waals surface area contributed by atoms with E-state index >= 15 is 0 Å². The van der Waals surface area contributed by atoms with Crippen LogP contribution in [0.2, 0.25) is 0 Å². The maximum absolute atomic E-state index is 6.09. The van der Waals surface area contributed by atoms with Gasteiger partial charge in [0.1, 0.15) is 12.4 Å². The number of nitrogens with one attached hydrogen (secondary N) is 2. The van der Waals surface area contributed by atoms with E-state index in [0.29, 0.717) is 19.1 Å². The van der Waals surface area contributed by atoms with Gasteiger partial charge in [0.2, 0.25) is 0 Å². The zero-order valence-corrected chi connectivity index (χ0v) is 22.6. The number of nitrogens with zero attached hydrogens (tertiary/aromatic N) is 2.